The highest BCUT2D eigenvalue weighted by atomic mass is 127. The predicted octanol–water partition coefficient (Wildman–Crippen LogP) is 4.07. The van der Waals surface area contributed by atoms with Crippen LogP contribution in [0.15, 0.2) is 22.7 Å². The van der Waals surface area contributed by atoms with Crippen molar-refractivity contribution in [2.75, 3.05) is 6.54 Å². The minimum absolute atomic E-state index is 0.799. The maximum absolute atomic E-state index is 4.26. The second-order valence-corrected chi connectivity index (χ2v) is 6.96. The number of nitrogens with zero attached hydrogens (tertiary/aromatic N) is 2. The van der Waals surface area contributed by atoms with Crippen molar-refractivity contribution >= 4 is 49.9 Å². The van der Waals surface area contributed by atoms with Crippen LogP contribution >= 0.6 is 49.9 Å². The molecule has 96 valence electrons. The summed E-state index contributed by atoms with van der Waals surface area (Å²) in [5, 5.41) is 13.8. The second-order valence-electron chi connectivity index (χ2n) is 3.80. The molecule has 6 heteroatoms. The average Bonchev–Trinajstić information content (AvgIpc) is 2.81. The van der Waals surface area contributed by atoms with E-state index >= 15 is 0 Å². The zero-order valence-corrected chi connectivity index (χ0v) is 14.5. The van der Waals surface area contributed by atoms with Gasteiger partial charge >= 0.3 is 0 Å². The van der Waals surface area contributed by atoms with Crippen LogP contribution in [0.4, 0.5) is 0 Å². The van der Waals surface area contributed by atoms with Crippen LogP contribution in [0.25, 0.3) is 10.6 Å². The third kappa shape index (κ3) is 3.72. The standard InChI is InChI=1S/C12H13BrIN3S/c1-2-5-15-7-11-16-17-12(18-11)9-6-8(14)3-4-10(9)13/h3-4,6,15H,2,5,7H2,1H3. The smallest absolute Gasteiger partial charge is 0.149 e. The van der Waals surface area contributed by atoms with Gasteiger partial charge in [-0.1, -0.05) is 34.2 Å². The molecule has 2 aromatic rings. The SMILES string of the molecule is CCCNCc1nnc(-c2cc(I)ccc2Br)s1. The van der Waals surface area contributed by atoms with Crippen molar-refractivity contribution in [1.29, 1.82) is 0 Å². The first kappa shape index (κ1) is 14.4. The van der Waals surface area contributed by atoms with Gasteiger partial charge in [-0.3, -0.25) is 0 Å². The fourth-order valence-corrected chi connectivity index (χ4v) is 3.36. The summed E-state index contributed by atoms with van der Waals surface area (Å²) in [5.41, 5.74) is 1.11. The number of nitrogens with one attached hydrogen (secondary N) is 1. The quantitative estimate of drug-likeness (QED) is 0.565. The number of rotatable bonds is 5. The van der Waals surface area contributed by atoms with Crippen LogP contribution in [0.3, 0.4) is 0 Å². The molecule has 1 N–H and O–H groups in total. The first-order chi connectivity index (χ1) is 8.70. The van der Waals surface area contributed by atoms with E-state index in [2.05, 4.69) is 73.1 Å². The molecule has 18 heavy (non-hydrogen) atoms. The molecule has 0 radical (unpaired) electrons. The highest BCUT2D eigenvalue weighted by Gasteiger charge is 2.10. The zero-order valence-electron chi connectivity index (χ0n) is 9.91. The van der Waals surface area contributed by atoms with Gasteiger partial charge in [0.25, 0.3) is 0 Å². The van der Waals surface area contributed by atoms with Crippen molar-refractivity contribution in [3.8, 4) is 10.6 Å². The lowest BCUT2D eigenvalue weighted by molar-refractivity contribution is 0.668. The normalized spacial score (nSPS) is 10.8. The lowest BCUT2D eigenvalue weighted by Gasteiger charge is -2.00. The van der Waals surface area contributed by atoms with Crippen molar-refractivity contribution in [2.45, 2.75) is 19.9 Å². The fourth-order valence-electron chi connectivity index (χ4n) is 1.47. The lowest BCUT2D eigenvalue weighted by atomic mass is 10.2. The van der Waals surface area contributed by atoms with Crippen molar-refractivity contribution in [2.24, 2.45) is 0 Å². The summed E-state index contributed by atoms with van der Waals surface area (Å²) in [6, 6.07) is 6.24. The molecule has 0 fully saturated rings. The van der Waals surface area contributed by atoms with Gasteiger partial charge in [-0.2, -0.15) is 0 Å². The van der Waals surface area contributed by atoms with Crippen LogP contribution in [0.2, 0.25) is 0 Å². The molecule has 2 rings (SSSR count). The Balaban J connectivity index is 2.16. The minimum Gasteiger partial charge on any atom is -0.310 e. The molecule has 0 aliphatic carbocycles. The Hall–Kier alpha value is -0.0500. The molecular formula is C12H13BrIN3S. The van der Waals surface area contributed by atoms with Crippen LogP contribution in [0, 0.1) is 3.57 Å². The van der Waals surface area contributed by atoms with Crippen LogP contribution in [-0.2, 0) is 6.54 Å². The number of hydrogen-bond donors (Lipinski definition) is 1. The average molecular weight is 438 g/mol. The topological polar surface area (TPSA) is 37.8 Å². The Bertz CT molecular complexity index is 530. The lowest BCUT2D eigenvalue weighted by Crippen LogP contribution is -2.13. The van der Waals surface area contributed by atoms with E-state index in [9.17, 15) is 0 Å². The van der Waals surface area contributed by atoms with Gasteiger partial charge in [0.15, 0.2) is 0 Å². The summed E-state index contributed by atoms with van der Waals surface area (Å²) < 4.78 is 2.26. The zero-order chi connectivity index (χ0) is 13.0. The van der Waals surface area contributed by atoms with Gasteiger partial charge in [0, 0.05) is 20.2 Å². The van der Waals surface area contributed by atoms with Crippen LogP contribution in [-0.4, -0.2) is 16.7 Å². The molecule has 0 unspecified atom stereocenters. The Morgan fingerprint density at radius 1 is 1.39 bits per heavy atom. The summed E-state index contributed by atoms with van der Waals surface area (Å²) in [6.45, 7) is 3.97. The Morgan fingerprint density at radius 3 is 3.00 bits per heavy atom. The van der Waals surface area contributed by atoms with Crippen molar-refractivity contribution < 1.29 is 0 Å². The highest BCUT2D eigenvalue weighted by Crippen LogP contribution is 2.31. The van der Waals surface area contributed by atoms with E-state index in [0.29, 0.717) is 0 Å². The molecule has 0 aliphatic rings. The van der Waals surface area contributed by atoms with Crippen molar-refractivity contribution in [3.05, 3.63) is 31.2 Å². The molecular weight excluding hydrogens is 425 g/mol. The van der Waals surface area contributed by atoms with E-state index in [-0.39, 0.29) is 0 Å². The van der Waals surface area contributed by atoms with Crippen LogP contribution in [0.1, 0.15) is 18.4 Å². The maximum atomic E-state index is 4.26. The third-order valence-electron chi connectivity index (χ3n) is 2.33. The second kappa shape index (κ2) is 6.93. The molecule has 0 aliphatic heterocycles. The molecule has 0 saturated heterocycles. The van der Waals surface area contributed by atoms with Crippen LogP contribution < -0.4 is 5.32 Å². The number of aromatic nitrogens is 2. The molecule has 1 heterocycles. The summed E-state index contributed by atoms with van der Waals surface area (Å²) in [4.78, 5) is 0. The van der Waals surface area contributed by atoms with Gasteiger partial charge in [-0.25, -0.2) is 0 Å². The Kier molecular flexibility index (Phi) is 5.53. The monoisotopic (exact) mass is 437 g/mol. The number of benzene rings is 1. The molecule has 3 nitrogen and oxygen atoms in total. The number of hydrogen-bond acceptors (Lipinski definition) is 4. The van der Waals surface area contributed by atoms with E-state index in [4.69, 9.17) is 0 Å². The minimum atomic E-state index is 0.799. The summed E-state index contributed by atoms with van der Waals surface area (Å²) >= 11 is 7.51. The largest absolute Gasteiger partial charge is 0.310 e. The summed E-state index contributed by atoms with van der Waals surface area (Å²) in [5.74, 6) is 0. The van der Waals surface area contributed by atoms with E-state index in [1.165, 1.54) is 3.57 Å². The molecule has 0 amide bonds. The molecule has 0 bridgehead atoms. The van der Waals surface area contributed by atoms with E-state index < -0.39 is 0 Å². The van der Waals surface area contributed by atoms with E-state index in [0.717, 1.165) is 39.6 Å². The van der Waals surface area contributed by atoms with Crippen molar-refractivity contribution in [3.63, 3.8) is 0 Å². The first-order valence-electron chi connectivity index (χ1n) is 5.69. The van der Waals surface area contributed by atoms with E-state index in [1.807, 2.05) is 6.07 Å². The molecule has 0 saturated carbocycles. The highest BCUT2D eigenvalue weighted by molar-refractivity contribution is 14.1. The molecule has 1 aromatic carbocycles. The van der Waals surface area contributed by atoms with Gasteiger partial charge in [-0.05, 0) is 53.8 Å². The molecule has 0 spiro atoms. The van der Waals surface area contributed by atoms with Gasteiger partial charge in [0.2, 0.25) is 0 Å². The first-order valence-corrected chi connectivity index (χ1v) is 8.38. The number of halogens is 2. The predicted molar refractivity (Wildman–Crippen MR) is 87.8 cm³/mol. The summed E-state index contributed by atoms with van der Waals surface area (Å²) in [6.07, 6.45) is 1.13. The van der Waals surface area contributed by atoms with Gasteiger partial charge in [-0.15, -0.1) is 10.2 Å². The molecule has 1 aromatic heterocycles. The van der Waals surface area contributed by atoms with Crippen molar-refractivity contribution in [1.82, 2.24) is 15.5 Å². The van der Waals surface area contributed by atoms with E-state index in [1.54, 1.807) is 11.3 Å². The third-order valence-corrected chi connectivity index (χ3v) is 4.65. The van der Waals surface area contributed by atoms with Gasteiger partial charge < -0.3 is 5.32 Å². The molecule has 0 atom stereocenters. The summed E-state index contributed by atoms with van der Waals surface area (Å²) in [7, 11) is 0. The Labute approximate surface area is 133 Å². The van der Waals surface area contributed by atoms with Gasteiger partial charge in [0.1, 0.15) is 10.0 Å². The Morgan fingerprint density at radius 2 is 2.22 bits per heavy atom. The van der Waals surface area contributed by atoms with Crippen LogP contribution in [0.5, 0.6) is 0 Å². The fraction of sp³-hybridized carbons (Fsp3) is 0.333. The maximum Gasteiger partial charge on any atom is 0.149 e. The van der Waals surface area contributed by atoms with Gasteiger partial charge in [0.05, 0.1) is 0 Å².